The number of sulfone groups is 1. The highest BCUT2D eigenvalue weighted by Crippen LogP contribution is 2.41. The van der Waals surface area contributed by atoms with E-state index in [-0.39, 0.29) is 0 Å². The maximum atomic E-state index is 11.1. The maximum Gasteiger partial charge on any atom is 0.150 e. The SMILES string of the molecule is NC1CC1C1CCS(=O)(=O)CC1. The van der Waals surface area contributed by atoms with Crippen molar-refractivity contribution in [1.82, 2.24) is 0 Å². The molecule has 70 valence electrons. The predicted molar refractivity (Wildman–Crippen MR) is 47.5 cm³/mol. The Morgan fingerprint density at radius 2 is 1.67 bits per heavy atom. The summed E-state index contributed by atoms with van der Waals surface area (Å²) in [6, 6.07) is 0.371. The molecule has 2 fully saturated rings. The van der Waals surface area contributed by atoms with Crippen LogP contribution in [0.15, 0.2) is 0 Å². The Morgan fingerprint density at radius 1 is 1.17 bits per heavy atom. The zero-order valence-electron chi connectivity index (χ0n) is 7.07. The van der Waals surface area contributed by atoms with Gasteiger partial charge in [-0.3, -0.25) is 0 Å². The monoisotopic (exact) mass is 189 g/mol. The van der Waals surface area contributed by atoms with E-state index in [1.165, 1.54) is 0 Å². The van der Waals surface area contributed by atoms with Crippen LogP contribution in [0.2, 0.25) is 0 Å². The van der Waals surface area contributed by atoms with E-state index in [1.54, 1.807) is 0 Å². The van der Waals surface area contributed by atoms with Crippen LogP contribution in [-0.2, 0) is 9.84 Å². The molecule has 0 aromatic heterocycles. The molecule has 1 aliphatic heterocycles. The summed E-state index contributed by atoms with van der Waals surface area (Å²) in [5.74, 6) is 2.02. The van der Waals surface area contributed by atoms with Gasteiger partial charge in [-0.25, -0.2) is 8.42 Å². The van der Waals surface area contributed by atoms with Gasteiger partial charge in [0.25, 0.3) is 0 Å². The molecule has 2 N–H and O–H groups in total. The number of hydrogen-bond acceptors (Lipinski definition) is 3. The van der Waals surface area contributed by atoms with Crippen molar-refractivity contribution in [2.75, 3.05) is 11.5 Å². The van der Waals surface area contributed by atoms with E-state index in [0.717, 1.165) is 19.3 Å². The van der Waals surface area contributed by atoms with Gasteiger partial charge in [-0.2, -0.15) is 0 Å². The molecule has 1 saturated heterocycles. The first-order valence-electron chi connectivity index (χ1n) is 4.54. The largest absolute Gasteiger partial charge is 0.327 e. The van der Waals surface area contributed by atoms with Crippen LogP contribution < -0.4 is 5.73 Å². The van der Waals surface area contributed by atoms with Crippen molar-refractivity contribution in [3.63, 3.8) is 0 Å². The Labute approximate surface area is 73.2 Å². The fourth-order valence-electron chi connectivity index (χ4n) is 2.11. The van der Waals surface area contributed by atoms with Crippen molar-refractivity contribution >= 4 is 9.84 Å². The molecule has 1 heterocycles. The molecule has 0 spiro atoms. The highest BCUT2D eigenvalue weighted by atomic mass is 32.2. The Balaban J connectivity index is 1.91. The smallest absolute Gasteiger partial charge is 0.150 e. The minimum atomic E-state index is -2.68. The van der Waals surface area contributed by atoms with E-state index in [1.807, 2.05) is 0 Å². The first-order valence-corrected chi connectivity index (χ1v) is 6.37. The summed E-state index contributed by atoms with van der Waals surface area (Å²) in [6.07, 6.45) is 2.81. The van der Waals surface area contributed by atoms with Crippen LogP contribution in [0, 0.1) is 11.8 Å². The third-order valence-corrected chi connectivity index (χ3v) is 4.81. The number of rotatable bonds is 1. The lowest BCUT2D eigenvalue weighted by Gasteiger charge is -2.21. The molecule has 2 aliphatic rings. The molecule has 0 aromatic carbocycles. The minimum Gasteiger partial charge on any atom is -0.327 e. The Morgan fingerprint density at radius 3 is 2.08 bits per heavy atom. The Hall–Kier alpha value is -0.0900. The van der Waals surface area contributed by atoms with Crippen molar-refractivity contribution in [2.24, 2.45) is 17.6 Å². The molecule has 0 bridgehead atoms. The second-order valence-electron chi connectivity index (χ2n) is 4.05. The summed E-state index contributed by atoms with van der Waals surface area (Å²) in [4.78, 5) is 0. The van der Waals surface area contributed by atoms with Crippen LogP contribution in [-0.4, -0.2) is 26.0 Å². The first kappa shape index (κ1) is 8.51. The van der Waals surface area contributed by atoms with Crippen LogP contribution in [0.5, 0.6) is 0 Å². The number of hydrogen-bond donors (Lipinski definition) is 1. The average molecular weight is 189 g/mol. The molecular formula is C8H15NO2S. The molecule has 0 amide bonds. The van der Waals surface area contributed by atoms with Gasteiger partial charge in [0.15, 0.2) is 0 Å². The lowest BCUT2D eigenvalue weighted by molar-refractivity contribution is 0.408. The molecule has 0 radical (unpaired) electrons. The molecule has 0 aromatic rings. The maximum absolute atomic E-state index is 11.1. The van der Waals surface area contributed by atoms with Crippen molar-refractivity contribution < 1.29 is 8.42 Å². The van der Waals surface area contributed by atoms with Crippen molar-refractivity contribution in [1.29, 1.82) is 0 Å². The summed E-state index contributed by atoms with van der Waals surface area (Å²) in [5.41, 5.74) is 5.72. The minimum absolute atomic E-state index is 0.371. The van der Waals surface area contributed by atoms with Gasteiger partial charge in [-0.1, -0.05) is 0 Å². The lowest BCUT2D eigenvalue weighted by atomic mass is 9.97. The summed E-state index contributed by atoms with van der Waals surface area (Å²) < 4.78 is 22.2. The van der Waals surface area contributed by atoms with E-state index >= 15 is 0 Å². The Bertz CT molecular complexity index is 259. The van der Waals surface area contributed by atoms with Crippen LogP contribution in [0.25, 0.3) is 0 Å². The highest BCUT2D eigenvalue weighted by molar-refractivity contribution is 7.91. The van der Waals surface area contributed by atoms with Crippen molar-refractivity contribution in [2.45, 2.75) is 25.3 Å². The normalized spacial score (nSPS) is 41.1. The van der Waals surface area contributed by atoms with E-state index in [0.29, 0.717) is 29.4 Å². The lowest BCUT2D eigenvalue weighted by Crippen LogP contribution is -2.25. The molecule has 12 heavy (non-hydrogen) atoms. The fourth-order valence-corrected chi connectivity index (χ4v) is 3.64. The fraction of sp³-hybridized carbons (Fsp3) is 1.00. The molecule has 3 nitrogen and oxygen atoms in total. The number of nitrogens with two attached hydrogens (primary N) is 1. The zero-order chi connectivity index (χ0) is 8.77. The molecule has 2 atom stereocenters. The third kappa shape index (κ3) is 1.64. The average Bonchev–Trinajstić information content (AvgIpc) is 2.67. The second-order valence-corrected chi connectivity index (χ2v) is 6.36. The first-order chi connectivity index (χ1) is 5.58. The van der Waals surface area contributed by atoms with E-state index < -0.39 is 9.84 Å². The van der Waals surface area contributed by atoms with Crippen LogP contribution >= 0.6 is 0 Å². The predicted octanol–water partition coefficient (Wildman–Crippen LogP) is 0.158. The standard InChI is InChI=1S/C8H15NO2S/c9-8-5-7(8)6-1-3-12(10,11)4-2-6/h6-8H,1-5,9H2. The van der Waals surface area contributed by atoms with Crippen LogP contribution in [0.3, 0.4) is 0 Å². The van der Waals surface area contributed by atoms with E-state index in [4.69, 9.17) is 5.73 Å². The highest BCUT2D eigenvalue weighted by Gasteiger charge is 2.42. The van der Waals surface area contributed by atoms with E-state index in [2.05, 4.69) is 0 Å². The third-order valence-electron chi connectivity index (χ3n) is 3.10. The van der Waals surface area contributed by atoms with Gasteiger partial charge in [-0.15, -0.1) is 0 Å². The summed E-state index contributed by atoms with van der Waals surface area (Å²) in [7, 11) is -2.68. The summed E-state index contributed by atoms with van der Waals surface area (Å²) in [5, 5.41) is 0. The Kier molecular flexibility index (Phi) is 1.92. The van der Waals surface area contributed by atoms with Gasteiger partial charge in [0.2, 0.25) is 0 Å². The summed E-state index contributed by atoms with van der Waals surface area (Å²) >= 11 is 0. The summed E-state index contributed by atoms with van der Waals surface area (Å²) in [6.45, 7) is 0. The molecule has 2 unspecified atom stereocenters. The molecule has 2 rings (SSSR count). The van der Waals surface area contributed by atoms with Gasteiger partial charge in [0, 0.05) is 6.04 Å². The molecule has 4 heteroatoms. The van der Waals surface area contributed by atoms with Crippen molar-refractivity contribution in [3.05, 3.63) is 0 Å². The van der Waals surface area contributed by atoms with Gasteiger partial charge in [0.1, 0.15) is 9.84 Å². The molecular weight excluding hydrogens is 174 g/mol. The molecule has 1 saturated carbocycles. The zero-order valence-corrected chi connectivity index (χ0v) is 7.89. The second kappa shape index (κ2) is 2.70. The van der Waals surface area contributed by atoms with Crippen LogP contribution in [0.4, 0.5) is 0 Å². The molecule has 1 aliphatic carbocycles. The quantitative estimate of drug-likeness (QED) is 0.639. The van der Waals surface area contributed by atoms with Crippen molar-refractivity contribution in [3.8, 4) is 0 Å². The van der Waals surface area contributed by atoms with E-state index in [9.17, 15) is 8.42 Å². The van der Waals surface area contributed by atoms with Gasteiger partial charge < -0.3 is 5.73 Å². The topological polar surface area (TPSA) is 60.2 Å². The van der Waals surface area contributed by atoms with Gasteiger partial charge in [0.05, 0.1) is 11.5 Å². The van der Waals surface area contributed by atoms with Gasteiger partial charge in [-0.05, 0) is 31.1 Å². The van der Waals surface area contributed by atoms with Gasteiger partial charge >= 0.3 is 0 Å². The van der Waals surface area contributed by atoms with Crippen LogP contribution in [0.1, 0.15) is 19.3 Å².